The molecule has 32 heavy (non-hydrogen) atoms. The highest BCUT2D eigenvalue weighted by atomic mass is 16.5. The quantitative estimate of drug-likeness (QED) is 0.442. The van der Waals surface area contributed by atoms with Crippen LogP contribution in [0.1, 0.15) is 47.5 Å². The third-order valence-electron chi connectivity index (χ3n) is 6.33. The standard InChI is InChI=1S/C28H29NO3/c1-32-24-17-15-22(16-18-24)27(30)20-26(21-10-4-2-5-11-21)25-14-8-9-19-29(28(25)31)23-12-6-3-7-13-23/h2-7,10-13,15-18,25-26H,8-9,14,19-20H2,1H3/t25-,26+/m1/s1. The molecule has 1 amide bonds. The molecular formula is C28H29NO3. The third-order valence-corrected chi connectivity index (χ3v) is 6.33. The Hall–Kier alpha value is -3.40. The highest BCUT2D eigenvalue weighted by Gasteiger charge is 2.36. The summed E-state index contributed by atoms with van der Waals surface area (Å²) in [5.74, 6) is 0.485. The summed E-state index contributed by atoms with van der Waals surface area (Å²) in [7, 11) is 1.61. The maximum Gasteiger partial charge on any atom is 0.230 e. The van der Waals surface area contributed by atoms with Crippen LogP contribution in [0.4, 0.5) is 5.69 Å². The van der Waals surface area contributed by atoms with Gasteiger partial charge in [0.15, 0.2) is 5.78 Å². The van der Waals surface area contributed by atoms with E-state index in [1.807, 2.05) is 65.6 Å². The van der Waals surface area contributed by atoms with Gasteiger partial charge in [0.05, 0.1) is 7.11 Å². The van der Waals surface area contributed by atoms with Crippen LogP contribution in [-0.2, 0) is 4.79 Å². The number of ether oxygens (including phenoxy) is 1. The van der Waals surface area contributed by atoms with Crippen LogP contribution in [0.5, 0.6) is 5.75 Å². The molecule has 1 fully saturated rings. The Morgan fingerprint density at radius 1 is 0.938 bits per heavy atom. The lowest BCUT2D eigenvalue weighted by molar-refractivity contribution is -0.122. The number of ketones is 1. The minimum absolute atomic E-state index is 0.0461. The molecule has 1 heterocycles. The molecule has 0 saturated carbocycles. The van der Waals surface area contributed by atoms with Crippen molar-refractivity contribution in [3.8, 4) is 5.75 Å². The SMILES string of the molecule is COc1ccc(C(=O)C[C@@H](c2ccccc2)[C@H]2CCCCN(c3ccccc3)C2=O)cc1. The molecule has 3 aromatic rings. The Kier molecular flexibility index (Phi) is 7.00. The van der Waals surface area contributed by atoms with Crippen molar-refractivity contribution in [3.05, 3.63) is 96.1 Å². The lowest BCUT2D eigenvalue weighted by Gasteiger charge is -2.30. The third kappa shape index (κ3) is 4.91. The molecule has 4 heteroatoms. The Bertz CT molecular complexity index is 1030. The maximum atomic E-state index is 13.8. The number of hydrogen-bond acceptors (Lipinski definition) is 3. The number of carbonyl (C=O) groups is 2. The first kappa shape index (κ1) is 21.8. The maximum absolute atomic E-state index is 13.8. The second-order valence-electron chi connectivity index (χ2n) is 8.30. The molecule has 1 aliphatic rings. The zero-order chi connectivity index (χ0) is 22.3. The van der Waals surface area contributed by atoms with E-state index in [0.717, 1.165) is 36.3 Å². The number of amides is 1. The van der Waals surface area contributed by atoms with Crippen molar-refractivity contribution in [3.63, 3.8) is 0 Å². The second-order valence-corrected chi connectivity index (χ2v) is 8.30. The molecular weight excluding hydrogens is 398 g/mol. The van der Waals surface area contributed by atoms with E-state index in [1.54, 1.807) is 31.4 Å². The van der Waals surface area contributed by atoms with Gasteiger partial charge in [0.1, 0.15) is 5.75 Å². The number of rotatable bonds is 7. The molecule has 164 valence electrons. The molecule has 4 rings (SSSR count). The van der Waals surface area contributed by atoms with Gasteiger partial charge in [-0.1, -0.05) is 55.0 Å². The zero-order valence-electron chi connectivity index (χ0n) is 18.4. The van der Waals surface area contributed by atoms with Crippen LogP contribution < -0.4 is 9.64 Å². The molecule has 3 aromatic carbocycles. The first-order valence-electron chi connectivity index (χ1n) is 11.3. The van der Waals surface area contributed by atoms with Crippen molar-refractivity contribution < 1.29 is 14.3 Å². The van der Waals surface area contributed by atoms with Crippen LogP contribution in [0.2, 0.25) is 0 Å². The Morgan fingerprint density at radius 2 is 1.59 bits per heavy atom. The fraction of sp³-hybridized carbons (Fsp3) is 0.286. The van der Waals surface area contributed by atoms with Gasteiger partial charge in [-0.15, -0.1) is 0 Å². The number of para-hydroxylation sites is 1. The number of Topliss-reactive ketones (excluding diaryl/α,β-unsaturated/α-hetero) is 1. The van der Waals surface area contributed by atoms with Crippen molar-refractivity contribution in [1.82, 2.24) is 0 Å². The highest BCUT2D eigenvalue weighted by Crippen LogP contribution is 2.37. The van der Waals surface area contributed by atoms with Crippen molar-refractivity contribution in [1.29, 1.82) is 0 Å². The monoisotopic (exact) mass is 427 g/mol. The zero-order valence-corrected chi connectivity index (χ0v) is 18.4. The van der Waals surface area contributed by atoms with E-state index in [1.165, 1.54) is 0 Å². The van der Waals surface area contributed by atoms with Crippen molar-refractivity contribution >= 4 is 17.4 Å². The van der Waals surface area contributed by atoms with Crippen LogP contribution in [0.15, 0.2) is 84.9 Å². The number of carbonyl (C=O) groups excluding carboxylic acids is 2. The minimum Gasteiger partial charge on any atom is -0.497 e. The Labute approximate surface area is 189 Å². The van der Waals surface area contributed by atoms with Crippen LogP contribution in [0, 0.1) is 5.92 Å². The number of methoxy groups -OCH3 is 1. The summed E-state index contributed by atoms with van der Waals surface area (Å²) in [6, 6.07) is 27.1. The van der Waals surface area contributed by atoms with Gasteiger partial charge in [-0.05, 0) is 54.8 Å². The van der Waals surface area contributed by atoms with Gasteiger partial charge in [0, 0.05) is 36.1 Å². The number of hydrogen-bond donors (Lipinski definition) is 0. The molecule has 1 saturated heterocycles. The van der Waals surface area contributed by atoms with E-state index in [0.29, 0.717) is 18.5 Å². The summed E-state index contributed by atoms with van der Waals surface area (Å²) in [4.78, 5) is 28.9. The lowest BCUT2D eigenvalue weighted by Crippen LogP contribution is -2.38. The van der Waals surface area contributed by atoms with Crippen LogP contribution in [0.3, 0.4) is 0 Å². The van der Waals surface area contributed by atoms with E-state index in [2.05, 4.69) is 0 Å². The van der Waals surface area contributed by atoms with E-state index in [9.17, 15) is 9.59 Å². The predicted octanol–water partition coefficient (Wildman–Crippen LogP) is 5.89. The molecule has 0 bridgehead atoms. The summed E-state index contributed by atoms with van der Waals surface area (Å²) >= 11 is 0. The van der Waals surface area contributed by atoms with E-state index in [-0.39, 0.29) is 23.5 Å². The fourth-order valence-corrected chi connectivity index (χ4v) is 4.59. The van der Waals surface area contributed by atoms with Gasteiger partial charge < -0.3 is 9.64 Å². The normalized spacial score (nSPS) is 17.5. The molecule has 0 aromatic heterocycles. The van der Waals surface area contributed by atoms with Gasteiger partial charge in [-0.25, -0.2) is 0 Å². The highest BCUT2D eigenvalue weighted by molar-refractivity contribution is 5.99. The van der Waals surface area contributed by atoms with E-state index >= 15 is 0 Å². The van der Waals surface area contributed by atoms with Crippen LogP contribution in [0.25, 0.3) is 0 Å². The number of benzene rings is 3. The van der Waals surface area contributed by atoms with Crippen molar-refractivity contribution in [2.75, 3.05) is 18.6 Å². The first-order chi connectivity index (χ1) is 15.7. The van der Waals surface area contributed by atoms with Gasteiger partial charge in [-0.3, -0.25) is 9.59 Å². The topological polar surface area (TPSA) is 46.6 Å². The molecule has 1 aliphatic heterocycles. The molecule has 0 spiro atoms. The Balaban J connectivity index is 1.64. The predicted molar refractivity (Wildman–Crippen MR) is 127 cm³/mol. The van der Waals surface area contributed by atoms with Gasteiger partial charge in [-0.2, -0.15) is 0 Å². The van der Waals surface area contributed by atoms with Gasteiger partial charge in [0.2, 0.25) is 5.91 Å². The fourth-order valence-electron chi connectivity index (χ4n) is 4.59. The van der Waals surface area contributed by atoms with Gasteiger partial charge >= 0.3 is 0 Å². The molecule has 0 aliphatic carbocycles. The second kappa shape index (κ2) is 10.3. The average Bonchev–Trinajstić information content (AvgIpc) is 3.05. The molecule has 4 nitrogen and oxygen atoms in total. The van der Waals surface area contributed by atoms with Crippen molar-refractivity contribution in [2.45, 2.75) is 31.6 Å². The van der Waals surface area contributed by atoms with Crippen LogP contribution >= 0.6 is 0 Å². The number of anilines is 1. The summed E-state index contributed by atoms with van der Waals surface area (Å²) in [5.41, 5.74) is 2.62. The van der Waals surface area contributed by atoms with E-state index < -0.39 is 0 Å². The molecule has 0 unspecified atom stereocenters. The lowest BCUT2D eigenvalue weighted by atomic mass is 9.78. The molecule has 0 radical (unpaired) electrons. The average molecular weight is 428 g/mol. The van der Waals surface area contributed by atoms with Crippen LogP contribution in [-0.4, -0.2) is 25.3 Å². The summed E-state index contributed by atoms with van der Waals surface area (Å²) in [5, 5.41) is 0. The van der Waals surface area contributed by atoms with Gasteiger partial charge in [0.25, 0.3) is 0 Å². The van der Waals surface area contributed by atoms with E-state index in [4.69, 9.17) is 4.74 Å². The summed E-state index contributed by atoms with van der Waals surface area (Å²) in [6.45, 7) is 0.716. The Morgan fingerprint density at radius 3 is 2.25 bits per heavy atom. The summed E-state index contributed by atoms with van der Waals surface area (Å²) in [6.07, 6.45) is 3.03. The number of nitrogens with zero attached hydrogens (tertiary/aromatic N) is 1. The largest absolute Gasteiger partial charge is 0.497 e. The first-order valence-corrected chi connectivity index (χ1v) is 11.3. The summed E-state index contributed by atoms with van der Waals surface area (Å²) < 4.78 is 5.21. The smallest absolute Gasteiger partial charge is 0.230 e. The minimum atomic E-state index is -0.234. The van der Waals surface area contributed by atoms with Crippen molar-refractivity contribution in [2.24, 2.45) is 5.92 Å². The molecule has 2 atom stereocenters. The molecule has 0 N–H and O–H groups in total.